The van der Waals surface area contributed by atoms with Crippen molar-refractivity contribution in [3.63, 3.8) is 0 Å². The summed E-state index contributed by atoms with van der Waals surface area (Å²) in [7, 11) is 0. The Morgan fingerprint density at radius 1 is 1.25 bits per heavy atom. The van der Waals surface area contributed by atoms with Gasteiger partial charge in [-0.1, -0.05) is 6.07 Å². The second-order valence-corrected chi connectivity index (χ2v) is 8.65. The van der Waals surface area contributed by atoms with Crippen LogP contribution >= 0.6 is 11.3 Å². The standard InChI is InChI=1S/C21H21F2N7OS/c1-14(28-5-6-30-19(9-28)26-20(27-30)15-4-7-32-10-15)21(31,11-29-13-24-12-25-29)17-3-2-16(22)8-18(17)23/h2-4,7-8,10,12-14,31H,5-6,9,11H2,1H3/t14-,21-/m1/s1. The Morgan fingerprint density at radius 3 is 2.84 bits per heavy atom. The number of aromatic nitrogens is 6. The van der Waals surface area contributed by atoms with E-state index in [2.05, 4.69) is 20.2 Å². The Bertz CT molecular complexity index is 1210. The van der Waals surface area contributed by atoms with E-state index in [0.717, 1.165) is 23.5 Å². The molecule has 32 heavy (non-hydrogen) atoms. The second-order valence-electron chi connectivity index (χ2n) is 7.87. The van der Waals surface area contributed by atoms with Crippen molar-refractivity contribution in [2.24, 2.45) is 0 Å². The molecule has 3 aromatic heterocycles. The molecule has 0 aliphatic carbocycles. The summed E-state index contributed by atoms with van der Waals surface area (Å²) in [4.78, 5) is 10.6. The van der Waals surface area contributed by atoms with Crippen LogP contribution in [0.2, 0.25) is 0 Å². The van der Waals surface area contributed by atoms with Crippen molar-refractivity contribution in [3.8, 4) is 11.4 Å². The van der Waals surface area contributed by atoms with Crippen LogP contribution in [0.25, 0.3) is 11.4 Å². The van der Waals surface area contributed by atoms with Crippen LogP contribution in [-0.4, -0.2) is 52.1 Å². The first-order chi connectivity index (χ1) is 15.4. The van der Waals surface area contributed by atoms with E-state index in [-0.39, 0.29) is 12.1 Å². The molecule has 1 aliphatic heterocycles. The van der Waals surface area contributed by atoms with Crippen LogP contribution in [-0.2, 0) is 25.2 Å². The molecule has 0 spiro atoms. The first-order valence-electron chi connectivity index (χ1n) is 10.1. The van der Waals surface area contributed by atoms with Crippen molar-refractivity contribution in [1.82, 2.24) is 34.4 Å². The van der Waals surface area contributed by atoms with Gasteiger partial charge in [-0.2, -0.15) is 21.5 Å². The SMILES string of the molecule is C[C@@H](N1CCn2nc(-c3ccsc3)nc2C1)[C@](O)(Cn1cncn1)c1ccc(F)cc1F. The fraction of sp³-hybridized carbons (Fsp3) is 0.333. The molecule has 0 bridgehead atoms. The van der Waals surface area contributed by atoms with Gasteiger partial charge in [0.2, 0.25) is 0 Å². The quantitative estimate of drug-likeness (QED) is 0.479. The first-order valence-corrected chi connectivity index (χ1v) is 11.1. The molecule has 1 aliphatic rings. The number of thiophene rings is 1. The minimum Gasteiger partial charge on any atom is -0.381 e. The highest BCUT2D eigenvalue weighted by atomic mass is 32.1. The zero-order chi connectivity index (χ0) is 22.3. The summed E-state index contributed by atoms with van der Waals surface area (Å²) < 4.78 is 31.7. The number of fused-ring (bicyclic) bond motifs is 1. The van der Waals surface area contributed by atoms with Crippen molar-refractivity contribution in [1.29, 1.82) is 0 Å². The number of halogens is 2. The molecule has 0 saturated carbocycles. The minimum atomic E-state index is -1.69. The predicted molar refractivity (Wildman–Crippen MR) is 113 cm³/mol. The van der Waals surface area contributed by atoms with Gasteiger partial charge < -0.3 is 5.11 Å². The monoisotopic (exact) mass is 457 g/mol. The molecule has 0 unspecified atom stereocenters. The average Bonchev–Trinajstić information content (AvgIpc) is 3.53. The Labute approximate surface area is 186 Å². The third-order valence-electron chi connectivity index (χ3n) is 5.98. The van der Waals surface area contributed by atoms with Crippen LogP contribution in [0.5, 0.6) is 0 Å². The molecule has 1 aromatic carbocycles. The lowest BCUT2D eigenvalue weighted by atomic mass is 9.85. The van der Waals surface area contributed by atoms with Crippen LogP contribution in [0.4, 0.5) is 8.78 Å². The van der Waals surface area contributed by atoms with E-state index < -0.39 is 23.3 Å². The highest BCUT2D eigenvalue weighted by molar-refractivity contribution is 7.08. The molecule has 0 saturated heterocycles. The van der Waals surface area contributed by atoms with E-state index >= 15 is 0 Å². The molecule has 1 N–H and O–H groups in total. The molecular formula is C21H21F2N7OS. The summed E-state index contributed by atoms with van der Waals surface area (Å²) in [5.41, 5.74) is -0.718. The van der Waals surface area contributed by atoms with E-state index in [1.807, 2.05) is 33.3 Å². The number of nitrogens with zero attached hydrogens (tertiary/aromatic N) is 7. The van der Waals surface area contributed by atoms with E-state index in [1.54, 1.807) is 11.3 Å². The molecule has 5 rings (SSSR count). The summed E-state index contributed by atoms with van der Waals surface area (Å²) >= 11 is 1.58. The largest absolute Gasteiger partial charge is 0.381 e. The van der Waals surface area contributed by atoms with Crippen molar-refractivity contribution in [3.05, 3.63) is 70.7 Å². The lowest BCUT2D eigenvalue weighted by molar-refractivity contribution is -0.0714. The second kappa shape index (κ2) is 8.15. The topological polar surface area (TPSA) is 84.9 Å². The predicted octanol–water partition coefficient (Wildman–Crippen LogP) is 2.67. The first kappa shape index (κ1) is 20.9. The van der Waals surface area contributed by atoms with Gasteiger partial charge in [0.1, 0.15) is 35.7 Å². The highest BCUT2D eigenvalue weighted by Crippen LogP contribution is 2.34. The van der Waals surface area contributed by atoms with E-state index in [1.165, 1.54) is 23.4 Å². The summed E-state index contributed by atoms with van der Waals surface area (Å²) in [6.45, 7) is 3.39. The normalized spacial score (nSPS) is 17.1. The maximum atomic E-state index is 14.8. The van der Waals surface area contributed by atoms with Crippen molar-refractivity contribution in [2.45, 2.75) is 38.2 Å². The number of hydrogen-bond donors (Lipinski definition) is 1. The molecule has 0 radical (unpaired) electrons. The van der Waals surface area contributed by atoms with Crippen LogP contribution in [0.3, 0.4) is 0 Å². The third kappa shape index (κ3) is 3.72. The van der Waals surface area contributed by atoms with Crippen LogP contribution in [0.1, 0.15) is 18.3 Å². The third-order valence-corrected chi connectivity index (χ3v) is 6.66. The fourth-order valence-corrected chi connectivity index (χ4v) is 4.78. The Balaban J connectivity index is 1.47. The maximum Gasteiger partial charge on any atom is 0.182 e. The Kier molecular flexibility index (Phi) is 5.31. The number of benzene rings is 1. The van der Waals surface area contributed by atoms with Gasteiger partial charge in [0.05, 0.1) is 19.6 Å². The molecule has 4 aromatic rings. The molecule has 0 fully saturated rings. The molecule has 0 amide bonds. The Morgan fingerprint density at radius 2 is 2.12 bits per heavy atom. The van der Waals surface area contributed by atoms with Crippen molar-refractivity contribution >= 4 is 11.3 Å². The van der Waals surface area contributed by atoms with Crippen molar-refractivity contribution < 1.29 is 13.9 Å². The van der Waals surface area contributed by atoms with Gasteiger partial charge in [-0.15, -0.1) is 0 Å². The summed E-state index contributed by atoms with van der Waals surface area (Å²) in [6.07, 6.45) is 2.81. The average molecular weight is 458 g/mol. The number of aliphatic hydroxyl groups is 1. The fourth-order valence-electron chi connectivity index (χ4n) is 4.15. The van der Waals surface area contributed by atoms with E-state index in [4.69, 9.17) is 0 Å². The van der Waals surface area contributed by atoms with E-state index in [9.17, 15) is 13.9 Å². The van der Waals surface area contributed by atoms with Crippen LogP contribution in [0, 0.1) is 11.6 Å². The molecule has 166 valence electrons. The smallest absolute Gasteiger partial charge is 0.182 e. The minimum absolute atomic E-state index is 0.00732. The lowest BCUT2D eigenvalue weighted by Crippen LogP contribution is -2.53. The van der Waals surface area contributed by atoms with Gasteiger partial charge in [-0.25, -0.2) is 28.1 Å². The molecule has 8 nitrogen and oxygen atoms in total. The van der Waals surface area contributed by atoms with Gasteiger partial charge in [0, 0.05) is 35.2 Å². The van der Waals surface area contributed by atoms with Gasteiger partial charge in [-0.05, 0) is 24.4 Å². The van der Waals surface area contributed by atoms with Crippen LogP contribution in [0.15, 0.2) is 47.7 Å². The lowest BCUT2D eigenvalue weighted by Gasteiger charge is -2.42. The number of rotatable bonds is 6. The Hall–Kier alpha value is -3.02. The summed E-state index contributed by atoms with van der Waals surface area (Å²) in [5, 5.41) is 24.5. The molecule has 4 heterocycles. The maximum absolute atomic E-state index is 14.8. The zero-order valence-corrected chi connectivity index (χ0v) is 18.1. The zero-order valence-electron chi connectivity index (χ0n) is 17.3. The molecule has 11 heteroatoms. The molecular weight excluding hydrogens is 436 g/mol. The van der Waals surface area contributed by atoms with Gasteiger partial charge in [-0.3, -0.25) is 4.90 Å². The van der Waals surface area contributed by atoms with Gasteiger partial charge in [0.25, 0.3) is 0 Å². The number of hydrogen-bond acceptors (Lipinski definition) is 7. The van der Waals surface area contributed by atoms with Gasteiger partial charge >= 0.3 is 0 Å². The summed E-state index contributed by atoms with van der Waals surface area (Å²) in [5.74, 6) is -0.0707. The van der Waals surface area contributed by atoms with Crippen LogP contribution < -0.4 is 0 Å². The van der Waals surface area contributed by atoms with Crippen molar-refractivity contribution in [2.75, 3.05) is 6.54 Å². The summed E-state index contributed by atoms with van der Waals surface area (Å²) in [6, 6.07) is 4.66. The van der Waals surface area contributed by atoms with Gasteiger partial charge in [0.15, 0.2) is 5.82 Å². The highest BCUT2D eigenvalue weighted by Gasteiger charge is 2.43. The van der Waals surface area contributed by atoms with E-state index in [0.29, 0.717) is 25.5 Å². The molecule has 2 atom stereocenters.